The van der Waals surface area contributed by atoms with Gasteiger partial charge in [0, 0.05) is 62.6 Å². The molecule has 1 N–H and O–H groups in total. The average Bonchev–Trinajstić information content (AvgIpc) is 2.94. The second-order valence-corrected chi connectivity index (χ2v) is 8.84. The van der Waals surface area contributed by atoms with Crippen molar-refractivity contribution in [3.63, 3.8) is 0 Å². The summed E-state index contributed by atoms with van der Waals surface area (Å²) in [4.78, 5) is 20.4. The summed E-state index contributed by atoms with van der Waals surface area (Å²) >= 11 is 0. The number of nitrogens with zero attached hydrogens (tertiary/aromatic N) is 6. The number of methoxy groups -OCH3 is 1. The molecule has 10 nitrogen and oxygen atoms in total. The molecule has 10 heteroatoms. The molecule has 0 spiro atoms. The summed E-state index contributed by atoms with van der Waals surface area (Å²) in [5.41, 5.74) is 5.08. The summed E-state index contributed by atoms with van der Waals surface area (Å²) < 4.78 is 16.5. The van der Waals surface area contributed by atoms with Crippen molar-refractivity contribution in [2.24, 2.45) is 0 Å². The van der Waals surface area contributed by atoms with E-state index >= 15 is 0 Å². The van der Waals surface area contributed by atoms with Crippen LogP contribution in [0.4, 0.5) is 34.5 Å². The molecule has 0 atom stereocenters. The number of anilines is 6. The van der Waals surface area contributed by atoms with Gasteiger partial charge in [0.2, 0.25) is 5.95 Å². The van der Waals surface area contributed by atoms with Crippen LogP contribution in [0.3, 0.4) is 0 Å². The molecule has 0 bridgehead atoms. The minimum Gasteiger partial charge on any atom is -0.495 e. The first-order valence-electron chi connectivity index (χ1n) is 12.3. The number of aryl methyl sites for hydroxylation is 1. The van der Waals surface area contributed by atoms with Crippen molar-refractivity contribution in [3.8, 4) is 5.75 Å². The van der Waals surface area contributed by atoms with Crippen molar-refractivity contribution >= 4 is 34.5 Å². The number of pyridine rings is 1. The SMILES string of the molecule is COc1cnc(C)c(N(C)c2ccnc(Nc3cc(N4CCOCC4)cc(N4CCOCC4)c3)n2)c1. The van der Waals surface area contributed by atoms with E-state index in [0.717, 1.165) is 86.9 Å². The van der Waals surface area contributed by atoms with Crippen molar-refractivity contribution in [1.82, 2.24) is 15.0 Å². The Morgan fingerprint density at radius 3 is 2.17 bits per heavy atom. The van der Waals surface area contributed by atoms with Crippen molar-refractivity contribution in [2.75, 3.05) is 86.8 Å². The third-order valence-electron chi connectivity index (χ3n) is 6.53. The van der Waals surface area contributed by atoms with E-state index in [-0.39, 0.29) is 0 Å². The molecular formula is C26H33N7O3. The van der Waals surface area contributed by atoms with Gasteiger partial charge in [-0.05, 0) is 31.2 Å². The summed E-state index contributed by atoms with van der Waals surface area (Å²) in [7, 11) is 3.60. The molecule has 190 valence electrons. The Hall–Kier alpha value is -3.63. The number of hydrogen-bond donors (Lipinski definition) is 1. The van der Waals surface area contributed by atoms with E-state index in [0.29, 0.717) is 11.7 Å². The van der Waals surface area contributed by atoms with Crippen molar-refractivity contribution in [1.29, 1.82) is 0 Å². The zero-order valence-corrected chi connectivity index (χ0v) is 21.1. The maximum Gasteiger partial charge on any atom is 0.229 e. The number of rotatable bonds is 7. The Morgan fingerprint density at radius 2 is 1.56 bits per heavy atom. The maximum absolute atomic E-state index is 5.57. The van der Waals surface area contributed by atoms with Crippen LogP contribution in [0.5, 0.6) is 5.75 Å². The normalized spacial score (nSPS) is 16.1. The number of ether oxygens (including phenoxy) is 3. The smallest absolute Gasteiger partial charge is 0.229 e. The van der Waals surface area contributed by atoms with Crippen LogP contribution in [-0.2, 0) is 9.47 Å². The van der Waals surface area contributed by atoms with Crippen LogP contribution in [0.25, 0.3) is 0 Å². The van der Waals surface area contributed by atoms with E-state index in [1.165, 1.54) is 0 Å². The van der Waals surface area contributed by atoms with E-state index in [4.69, 9.17) is 19.2 Å². The lowest BCUT2D eigenvalue weighted by Gasteiger charge is -2.33. The van der Waals surface area contributed by atoms with Crippen molar-refractivity contribution in [3.05, 3.63) is 48.4 Å². The molecule has 36 heavy (non-hydrogen) atoms. The Kier molecular flexibility index (Phi) is 7.33. The highest BCUT2D eigenvalue weighted by Crippen LogP contribution is 2.32. The van der Waals surface area contributed by atoms with Crippen LogP contribution in [0.2, 0.25) is 0 Å². The van der Waals surface area contributed by atoms with Crippen LogP contribution in [-0.4, -0.2) is 81.7 Å². The van der Waals surface area contributed by atoms with Gasteiger partial charge in [0.25, 0.3) is 0 Å². The molecule has 2 aliphatic heterocycles. The fourth-order valence-electron chi connectivity index (χ4n) is 4.48. The van der Waals surface area contributed by atoms with Crippen molar-refractivity contribution < 1.29 is 14.2 Å². The highest BCUT2D eigenvalue weighted by Gasteiger charge is 2.18. The second kappa shape index (κ2) is 11.0. The molecule has 0 aliphatic carbocycles. The van der Waals surface area contributed by atoms with Gasteiger partial charge in [-0.2, -0.15) is 4.98 Å². The minimum atomic E-state index is 0.528. The molecule has 0 unspecified atom stereocenters. The Bertz CT molecular complexity index is 1140. The van der Waals surface area contributed by atoms with E-state index in [2.05, 4.69) is 43.3 Å². The number of aromatic nitrogens is 3. The molecule has 0 radical (unpaired) electrons. The first-order valence-corrected chi connectivity index (χ1v) is 12.3. The molecule has 5 rings (SSSR count). The van der Waals surface area contributed by atoms with Crippen molar-refractivity contribution in [2.45, 2.75) is 6.92 Å². The zero-order valence-electron chi connectivity index (χ0n) is 21.1. The molecule has 2 fully saturated rings. The molecule has 0 saturated carbocycles. The minimum absolute atomic E-state index is 0.528. The van der Waals surface area contributed by atoms with Crippen LogP contribution in [0, 0.1) is 6.92 Å². The monoisotopic (exact) mass is 491 g/mol. The highest BCUT2D eigenvalue weighted by atomic mass is 16.5. The quantitative estimate of drug-likeness (QED) is 0.531. The number of benzene rings is 1. The Balaban J connectivity index is 1.43. The standard InChI is InChI=1S/C26H33N7O3/c1-19-24(17-23(34-3)18-28-19)31(2)25-4-5-27-26(30-25)29-20-14-21(32-6-10-35-11-7-32)16-22(15-20)33-8-12-36-13-9-33/h4-5,14-18H,6-13H2,1-3H3,(H,27,29,30). The van der Waals surface area contributed by atoms with Crippen LogP contribution >= 0.6 is 0 Å². The third-order valence-corrected chi connectivity index (χ3v) is 6.53. The number of morpholine rings is 2. The predicted octanol–water partition coefficient (Wildman–Crippen LogP) is 3.37. The summed E-state index contributed by atoms with van der Waals surface area (Å²) in [6.45, 7) is 8.40. The van der Waals surface area contributed by atoms with E-state index < -0.39 is 0 Å². The first-order chi connectivity index (χ1) is 17.6. The molecule has 4 heterocycles. The lowest BCUT2D eigenvalue weighted by atomic mass is 10.2. The summed E-state index contributed by atoms with van der Waals surface area (Å²) in [5.74, 6) is 1.98. The predicted molar refractivity (Wildman–Crippen MR) is 141 cm³/mol. The summed E-state index contributed by atoms with van der Waals surface area (Å²) in [6.07, 6.45) is 3.48. The van der Waals surface area contributed by atoms with E-state index in [1.807, 2.05) is 31.0 Å². The summed E-state index contributed by atoms with van der Waals surface area (Å²) in [6, 6.07) is 10.4. The largest absolute Gasteiger partial charge is 0.495 e. The van der Waals surface area contributed by atoms with Gasteiger partial charge in [0.1, 0.15) is 11.6 Å². The average molecular weight is 492 g/mol. The van der Waals surface area contributed by atoms with Gasteiger partial charge in [0.05, 0.1) is 51.1 Å². The lowest BCUT2D eigenvalue weighted by molar-refractivity contribution is 0.122. The molecule has 2 aliphatic rings. The van der Waals surface area contributed by atoms with Gasteiger partial charge in [-0.15, -0.1) is 0 Å². The second-order valence-electron chi connectivity index (χ2n) is 8.84. The van der Waals surface area contributed by atoms with Crippen LogP contribution in [0.15, 0.2) is 42.7 Å². The Morgan fingerprint density at radius 1 is 0.917 bits per heavy atom. The van der Waals surface area contributed by atoms with Gasteiger partial charge < -0.3 is 34.2 Å². The van der Waals surface area contributed by atoms with E-state index in [9.17, 15) is 0 Å². The first kappa shape index (κ1) is 24.1. The molecule has 2 saturated heterocycles. The topological polar surface area (TPSA) is 88.1 Å². The molecule has 2 aromatic heterocycles. The van der Waals surface area contributed by atoms with Gasteiger partial charge in [0.15, 0.2) is 0 Å². The van der Waals surface area contributed by atoms with Gasteiger partial charge in [-0.1, -0.05) is 0 Å². The highest BCUT2D eigenvalue weighted by molar-refractivity contribution is 5.72. The number of nitrogens with one attached hydrogen (secondary N) is 1. The van der Waals surface area contributed by atoms with Crippen LogP contribution in [0.1, 0.15) is 5.69 Å². The third kappa shape index (κ3) is 5.44. The van der Waals surface area contributed by atoms with Crippen LogP contribution < -0.4 is 24.8 Å². The van der Waals surface area contributed by atoms with E-state index in [1.54, 1.807) is 19.5 Å². The number of hydrogen-bond acceptors (Lipinski definition) is 10. The molecule has 1 aromatic carbocycles. The Labute approximate surface area is 211 Å². The molecule has 3 aromatic rings. The zero-order chi connectivity index (χ0) is 24.9. The molecular weight excluding hydrogens is 458 g/mol. The lowest BCUT2D eigenvalue weighted by Crippen LogP contribution is -2.38. The maximum atomic E-state index is 5.57. The summed E-state index contributed by atoms with van der Waals surface area (Å²) in [5, 5.41) is 3.44. The fraction of sp³-hybridized carbons (Fsp3) is 0.423. The molecule has 0 amide bonds. The fourth-order valence-corrected chi connectivity index (χ4v) is 4.48. The van der Waals surface area contributed by atoms with Gasteiger partial charge >= 0.3 is 0 Å². The van der Waals surface area contributed by atoms with Gasteiger partial charge in [-0.25, -0.2) is 4.98 Å². The van der Waals surface area contributed by atoms with Gasteiger partial charge in [-0.3, -0.25) is 4.98 Å².